The molecular weight excluding hydrogens is 706 g/mol. The maximum atomic E-state index is 14.1. The van der Waals surface area contributed by atoms with Crippen molar-refractivity contribution >= 4 is 39.6 Å². The quantitative estimate of drug-likeness (QED) is 0.130. The number of nitrogens with one attached hydrogen (secondary N) is 1. The summed E-state index contributed by atoms with van der Waals surface area (Å²) in [6.45, 7) is 7.35. The van der Waals surface area contributed by atoms with E-state index in [1.807, 2.05) is 56.3 Å². The van der Waals surface area contributed by atoms with E-state index < -0.39 is 24.1 Å². The van der Waals surface area contributed by atoms with Gasteiger partial charge in [-0.25, -0.2) is 23.7 Å². The number of rotatable bonds is 10. The number of pyridine rings is 1. The summed E-state index contributed by atoms with van der Waals surface area (Å²) in [6, 6.07) is 19.2. The summed E-state index contributed by atoms with van der Waals surface area (Å²) in [6.07, 6.45) is -0.293. The number of hydrogen-bond donors (Lipinski definition) is 3. The molecule has 2 atom stereocenters. The molecule has 0 radical (unpaired) electrons. The van der Waals surface area contributed by atoms with Crippen molar-refractivity contribution in [3.63, 3.8) is 0 Å². The first kappa shape index (κ1) is 36.1. The second-order valence-electron chi connectivity index (χ2n) is 14.4. The number of alkyl halides is 2. The van der Waals surface area contributed by atoms with Gasteiger partial charge in [0.25, 0.3) is 6.43 Å². The van der Waals surface area contributed by atoms with Crippen molar-refractivity contribution in [3.8, 4) is 28.7 Å². The molecule has 0 saturated carbocycles. The molecule has 2 saturated heterocycles. The van der Waals surface area contributed by atoms with Crippen LogP contribution in [0.4, 0.5) is 20.3 Å². The van der Waals surface area contributed by atoms with Gasteiger partial charge in [0.1, 0.15) is 17.1 Å². The molecule has 0 spiro atoms. The first-order valence-corrected chi connectivity index (χ1v) is 18.2. The number of β-amino-alcohol motifs (C(OH)–C–C–N with tert-alkyl or cyclic N) is 1. The van der Waals surface area contributed by atoms with E-state index in [9.17, 15) is 29.1 Å². The number of aliphatic hydroxyl groups is 1. The van der Waals surface area contributed by atoms with Gasteiger partial charge in [-0.2, -0.15) is 5.26 Å². The number of aliphatic hydroxyl groups excluding tert-OH is 1. The minimum atomic E-state index is -2.89. The van der Waals surface area contributed by atoms with Gasteiger partial charge in [-0.15, -0.1) is 0 Å². The molecule has 3 aromatic heterocycles. The number of carboxylic acids is 1. The Labute approximate surface area is 315 Å². The van der Waals surface area contributed by atoms with E-state index in [0.29, 0.717) is 84.8 Å². The lowest BCUT2D eigenvalue weighted by atomic mass is 9.93. The molecule has 0 unspecified atom stereocenters. The van der Waals surface area contributed by atoms with Gasteiger partial charge in [0, 0.05) is 50.2 Å². The van der Waals surface area contributed by atoms with Crippen LogP contribution in [0, 0.1) is 31.1 Å². The lowest BCUT2D eigenvalue weighted by Crippen LogP contribution is -2.22. The molecule has 0 aliphatic carbocycles. The number of likely N-dealkylation sites (tertiary alicyclic amines) is 2. The van der Waals surface area contributed by atoms with Crippen molar-refractivity contribution in [1.29, 1.82) is 5.26 Å². The standard InChI is InChI=1S/C41H38F2N8O4/c1-22-29(5-3-7-31(22)40-48-34-14-24(13-27(16-44)36(34)55-40)18-50-11-9-26(20-50)41(53)54)30-6-4-8-32(23(30)2)46-38-35-33(47-39(49-38)37(42)43)15-25(17-45-35)19-51-12-10-28(52)21-51/h3-8,13-15,17,26,28,37,52H,9-12,18-21H2,1-2H3,(H,53,54)(H,46,47,49)/t26-,28+/m0/s1. The molecule has 55 heavy (non-hydrogen) atoms. The van der Waals surface area contributed by atoms with E-state index in [4.69, 9.17) is 9.40 Å². The average Bonchev–Trinajstić information content (AvgIpc) is 3.92. The Balaban J connectivity index is 1.10. The Bertz CT molecular complexity index is 2500. The topological polar surface area (TPSA) is 165 Å². The molecule has 2 fully saturated rings. The predicted octanol–water partition coefficient (Wildman–Crippen LogP) is 7.14. The molecule has 3 N–H and O–H groups in total. The van der Waals surface area contributed by atoms with E-state index in [-0.39, 0.29) is 11.9 Å². The van der Waals surface area contributed by atoms with Crippen LogP contribution in [-0.4, -0.2) is 78.2 Å². The van der Waals surface area contributed by atoms with Crippen LogP contribution < -0.4 is 5.32 Å². The fourth-order valence-electron chi connectivity index (χ4n) is 7.73. The van der Waals surface area contributed by atoms with E-state index in [0.717, 1.165) is 45.5 Å². The van der Waals surface area contributed by atoms with E-state index in [2.05, 4.69) is 36.1 Å². The lowest BCUT2D eigenvalue weighted by molar-refractivity contribution is -0.141. The van der Waals surface area contributed by atoms with Gasteiger partial charge in [-0.3, -0.25) is 19.6 Å². The molecule has 2 aliphatic rings. The third kappa shape index (κ3) is 7.21. The minimum Gasteiger partial charge on any atom is -0.481 e. The number of aliphatic carboxylic acids is 1. The van der Waals surface area contributed by atoms with Crippen LogP contribution in [0.15, 0.2) is 65.2 Å². The molecular formula is C41H38F2N8O4. The number of nitriles is 1. The number of aromatic nitrogens is 4. The Morgan fingerprint density at radius 1 is 0.945 bits per heavy atom. The van der Waals surface area contributed by atoms with Crippen LogP contribution in [0.25, 0.3) is 44.7 Å². The number of carbonyl (C=O) groups is 1. The van der Waals surface area contributed by atoms with E-state index in [1.165, 1.54) is 0 Å². The highest BCUT2D eigenvalue weighted by atomic mass is 19.3. The third-order valence-corrected chi connectivity index (χ3v) is 10.6. The molecule has 3 aromatic carbocycles. The third-order valence-electron chi connectivity index (χ3n) is 10.6. The van der Waals surface area contributed by atoms with Crippen molar-refractivity contribution in [1.82, 2.24) is 29.7 Å². The minimum absolute atomic E-state index is 0.166. The molecule has 8 rings (SSSR count). The van der Waals surface area contributed by atoms with Gasteiger partial charge < -0.3 is 19.9 Å². The fraction of sp³-hybridized carbons (Fsp3) is 0.317. The van der Waals surface area contributed by atoms with Gasteiger partial charge in [0.05, 0.1) is 23.1 Å². The second kappa shape index (κ2) is 14.7. The van der Waals surface area contributed by atoms with Gasteiger partial charge in [-0.1, -0.05) is 24.3 Å². The molecule has 14 heteroatoms. The summed E-state index contributed by atoms with van der Waals surface area (Å²) in [7, 11) is 0. The largest absolute Gasteiger partial charge is 0.481 e. The Hall–Kier alpha value is -5.88. The number of benzene rings is 3. The summed E-state index contributed by atoms with van der Waals surface area (Å²) < 4.78 is 34.4. The maximum Gasteiger partial charge on any atom is 0.307 e. The highest BCUT2D eigenvalue weighted by Crippen LogP contribution is 2.38. The van der Waals surface area contributed by atoms with Crippen molar-refractivity contribution in [2.24, 2.45) is 5.92 Å². The van der Waals surface area contributed by atoms with Crippen LogP contribution in [0.5, 0.6) is 0 Å². The summed E-state index contributed by atoms with van der Waals surface area (Å²) in [4.78, 5) is 33.4. The van der Waals surface area contributed by atoms with Crippen molar-refractivity contribution in [2.75, 3.05) is 31.5 Å². The molecule has 280 valence electrons. The van der Waals surface area contributed by atoms with Crippen LogP contribution in [-0.2, 0) is 17.9 Å². The van der Waals surface area contributed by atoms with Crippen LogP contribution in [0.2, 0.25) is 0 Å². The fourth-order valence-corrected chi connectivity index (χ4v) is 7.73. The zero-order valence-corrected chi connectivity index (χ0v) is 30.3. The normalized spacial score (nSPS) is 17.8. The molecule has 0 amide bonds. The number of halogens is 2. The number of carboxylic acid groups (broad SMARTS) is 1. The highest BCUT2D eigenvalue weighted by molar-refractivity contribution is 5.90. The van der Waals surface area contributed by atoms with Crippen LogP contribution >= 0.6 is 0 Å². The van der Waals surface area contributed by atoms with E-state index in [1.54, 1.807) is 18.3 Å². The molecule has 0 bridgehead atoms. The molecule has 5 heterocycles. The molecule has 6 aromatic rings. The SMILES string of the molecule is Cc1c(Nc2nc(C(F)F)nc3cc(CN4CC[C@@H](O)C4)cnc23)cccc1-c1cccc(-c2nc3cc(CN4CC[C@H](C(=O)O)C4)cc(C#N)c3o2)c1C. The Kier molecular flexibility index (Phi) is 9.68. The van der Waals surface area contributed by atoms with Gasteiger partial charge in [0.15, 0.2) is 17.2 Å². The van der Waals surface area contributed by atoms with Gasteiger partial charge in [-0.05, 0) is 96.9 Å². The number of nitrogens with zero attached hydrogens (tertiary/aromatic N) is 7. The maximum absolute atomic E-state index is 14.1. The summed E-state index contributed by atoms with van der Waals surface area (Å²) in [5, 5.41) is 32.6. The highest BCUT2D eigenvalue weighted by Gasteiger charge is 2.28. The summed E-state index contributed by atoms with van der Waals surface area (Å²) >= 11 is 0. The lowest BCUT2D eigenvalue weighted by Gasteiger charge is -2.17. The monoisotopic (exact) mass is 744 g/mol. The summed E-state index contributed by atoms with van der Waals surface area (Å²) in [5.41, 5.74) is 8.53. The van der Waals surface area contributed by atoms with E-state index >= 15 is 0 Å². The molecule has 2 aliphatic heterocycles. The first-order chi connectivity index (χ1) is 26.5. The van der Waals surface area contributed by atoms with Gasteiger partial charge in [0.2, 0.25) is 5.89 Å². The second-order valence-corrected chi connectivity index (χ2v) is 14.4. The molecule has 12 nitrogen and oxygen atoms in total. The predicted molar refractivity (Wildman–Crippen MR) is 202 cm³/mol. The Morgan fingerprint density at radius 2 is 1.65 bits per heavy atom. The number of oxazole rings is 1. The number of anilines is 2. The van der Waals surface area contributed by atoms with Crippen molar-refractivity contribution < 1.29 is 28.2 Å². The zero-order valence-electron chi connectivity index (χ0n) is 30.3. The number of fused-ring (bicyclic) bond motifs is 2. The van der Waals surface area contributed by atoms with Crippen molar-refractivity contribution in [3.05, 3.63) is 94.4 Å². The van der Waals surface area contributed by atoms with Crippen molar-refractivity contribution in [2.45, 2.75) is 52.3 Å². The first-order valence-electron chi connectivity index (χ1n) is 18.2. The average molecular weight is 745 g/mol. The number of hydrogen-bond acceptors (Lipinski definition) is 11. The smallest absolute Gasteiger partial charge is 0.307 e. The van der Waals surface area contributed by atoms with Crippen LogP contribution in [0.1, 0.15) is 52.9 Å². The summed E-state index contributed by atoms with van der Waals surface area (Å²) in [5.74, 6) is -1.26. The zero-order chi connectivity index (χ0) is 38.4. The Morgan fingerprint density at radius 3 is 2.38 bits per heavy atom. The van der Waals surface area contributed by atoms with Gasteiger partial charge >= 0.3 is 5.97 Å². The van der Waals surface area contributed by atoms with Crippen LogP contribution in [0.3, 0.4) is 0 Å².